The molecule has 0 radical (unpaired) electrons. The second kappa shape index (κ2) is 5.21. The predicted octanol–water partition coefficient (Wildman–Crippen LogP) is 3.80. The summed E-state index contributed by atoms with van der Waals surface area (Å²) in [7, 11) is 0. The van der Waals surface area contributed by atoms with Crippen molar-refractivity contribution in [1.29, 1.82) is 0 Å². The van der Waals surface area contributed by atoms with Gasteiger partial charge in [0.05, 0.1) is 0 Å². The largest absolute Gasteiger partial charge is 0.489 e. The maximum Gasteiger partial charge on any atom is 0.123 e. The van der Waals surface area contributed by atoms with Crippen molar-refractivity contribution >= 4 is 5.69 Å². The minimum atomic E-state index is -0.297. The van der Waals surface area contributed by atoms with Gasteiger partial charge in [-0.15, -0.1) is 4.91 Å². The van der Waals surface area contributed by atoms with Crippen molar-refractivity contribution in [1.82, 2.24) is 0 Å². The van der Waals surface area contributed by atoms with Crippen molar-refractivity contribution in [3.05, 3.63) is 64.8 Å². The van der Waals surface area contributed by atoms with Gasteiger partial charge in [-0.1, -0.05) is 18.2 Å². The van der Waals surface area contributed by atoms with Gasteiger partial charge in [-0.2, -0.15) is 0 Å². The zero-order valence-corrected chi connectivity index (χ0v) is 8.97. The van der Waals surface area contributed by atoms with Crippen LogP contribution in [0.1, 0.15) is 5.56 Å². The van der Waals surface area contributed by atoms with Crippen LogP contribution in [-0.2, 0) is 6.61 Å². The van der Waals surface area contributed by atoms with Gasteiger partial charge in [0.15, 0.2) is 0 Å². The van der Waals surface area contributed by atoms with Crippen molar-refractivity contribution in [3.63, 3.8) is 0 Å². The van der Waals surface area contributed by atoms with E-state index in [-0.39, 0.29) is 12.4 Å². The van der Waals surface area contributed by atoms with Gasteiger partial charge in [-0.25, -0.2) is 4.39 Å². The summed E-state index contributed by atoms with van der Waals surface area (Å²) < 4.78 is 18.3. The third kappa shape index (κ3) is 3.11. The fourth-order valence-electron chi connectivity index (χ4n) is 1.42. The Morgan fingerprint density at radius 3 is 2.71 bits per heavy atom. The lowest BCUT2D eigenvalue weighted by molar-refractivity contribution is 0.305. The SMILES string of the molecule is O=Nc1cccc(OCc2cccc(F)c2)c1. The third-order valence-corrected chi connectivity index (χ3v) is 2.22. The van der Waals surface area contributed by atoms with Crippen LogP contribution in [0.3, 0.4) is 0 Å². The molecule has 2 rings (SSSR count). The van der Waals surface area contributed by atoms with Gasteiger partial charge in [0, 0.05) is 6.07 Å². The Hall–Kier alpha value is -2.23. The summed E-state index contributed by atoms with van der Waals surface area (Å²) in [5, 5.41) is 2.81. The van der Waals surface area contributed by atoms with E-state index in [0.29, 0.717) is 11.4 Å². The molecule has 4 heteroatoms. The quantitative estimate of drug-likeness (QED) is 0.750. The van der Waals surface area contributed by atoms with Crippen LogP contribution < -0.4 is 4.74 Å². The average molecular weight is 231 g/mol. The Kier molecular flexibility index (Phi) is 3.45. The maximum absolute atomic E-state index is 12.9. The predicted molar refractivity (Wildman–Crippen MR) is 62.6 cm³/mol. The molecule has 0 aromatic heterocycles. The minimum absolute atomic E-state index is 0.250. The Bertz CT molecular complexity index is 528. The molecule has 0 saturated carbocycles. The molecule has 0 atom stereocenters. The number of nitroso groups, excluding NO2 is 1. The van der Waals surface area contributed by atoms with Gasteiger partial charge in [0.25, 0.3) is 0 Å². The van der Waals surface area contributed by atoms with Gasteiger partial charge in [0.1, 0.15) is 23.9 Å². The monoisotopic (exact) mass is 231 g/mol. The van der Waals surface area contributed by atoms with E-state index in [9.17, 15) is 9.30 Å². The van der Waals surface area contributed by atoms with Crippen molar-refractivity contribution < 1.29 is 9.13 Å². The molecule has 0 amide bonds. The van der Waals surface area contributed by atoms with E-state index in [1.807, 2.05) is 0 Å². The first-order valence-corrected chi connectivity index (χ1v) is 5.08. The molecule has 0 N–H and O–H groups in total. The fraction of sp³-hybridized carbons (Fsp3) is 0.0769. The minimum Gasteiger partial charge on any atom is -0.489 e. The highest BCUT2D eigenvalue weighted by Crippen LogP contribution is 2.20. The first-order chi connectivity index (χ1) is 8.28. The van der Waals surface area contributed by atoms with Crippen molar-refractivity contribution in [2.75, 3.05) is 0 Å². The number of nitrogens with zero attached hydrogens (tertiary/aromatic N) is 1. The highest BCUT2D eigenvalue weighted by molar-refractivity contribution is 5.42. The molecular weight excluding hydrogens is 221 g/mol. The van der Waals surface area contributed by atoms with Crippen LogP contribution >= 0.6 is 0 Å². The smallest absolute Gasteiger partial charge is 0.123 e. The Morgan fingerprint density at radius 2 is 1.94 bits per heavy atom. The second-order valence-electron chi connectivity index (χ2n) is 3.51. The van der Waals surface area contributed by atoms with Gasteiger partial charge >= 0.3 is 0 Å². The van der Waals surface area contributed by atoms with Crippen molar-refractivity contribution in [2.45, 2.75) is 6.61 Å². The molecule has 86 valence electrons. The lowest BCUT2D eigenvalue weighted by atomic mass is 10.2. The summed E-state index contributed by atoms with van der Waals surface area (Å²) in [4.78, 5) is 10.3. The molecule has 0 fully saturated rings. The number of rotatable bonds is 4. The molecule has 2 aromatic rings. The topological polar surface area (TPSA) is 38.7 Å². The summed E-state index contributed by atoms with van der Waals surface area (Å²) in [6, 6.07) is 12.7. The van der Waals surface area contributed by atoms with Gasteiger partial charge in [0.2, 0.25) is 0 Å². The zero-order chi connectivity index (χ0) is 12.1. The molecule has 0 saturated heterocycles. The molecule has 2 aromatic carbocycles. The lowest BCUT2D eigenvalue weighted by Gasteiger charge is -2.06. The Balaban J connectivity index is 2.04. The van der Waals surface area contributed by atoms with Crippen molar-refractivity contribution in [2.24, 2.45) is 5.18 Å². The molecular formula is C13H10FNO2. The van der Waals surface area contributed by atoms with Crippen LogP contribution in [0, 0.1) is 10.7 Å². The third-order valence-electron chi connectivity index (χ3n) is 2.22. The summed E-state index contributed by atoms with van der Waals surface area (Å²) in [6.45, 7) is 0.250. The van der Waals surface area contributed by atoms with Crippen LogP contribution in [0.5, 0.6) is 5.75 Å². The lowest BCUT2D eigenvalue weighted by Crippen LogP contribution is -1.95. The molecule has 3 nitrogen and oxygen atoms in total. The standard InChI is InChI=1S/C13H10FNO2/c14-11-4-1-3-10(7-11)9-17-13-6-2-5-12(8-13)15-16/h1-8H,9H2. The summed E-state index contributed by atoms with van der Waals surface area (Å²) in [5.74, 6) is 0.237. The van der Waals surface area contributed by atoms with E-state index in [2.05, 4.69) is 5.18 Å². The summed E-state index contributed by atoms with van der Waals surface area (Å²) in [5.41, 5.74) is 1.04. The van der Waals surface area contributed by atoms with E-state index < -0.39 is 0 Å². The normalized spacial score (nSPS) is 9.94. The average Bonchev–Trinajstić information content (AvgIpc) is 2.37. The van der Waals surface area contributed by atoms with E-state index >= 15 is 0 Å². The first-order valence-electron chi connectivity index (χ1n) is 5.08. The molecule has 0 aliphatic heterocycles. The Morgan fingerprint density at radius 1 is 1.12 bits per heavy atom. The van der Waals surface area contributed by atoms with Crippen molar-refractivity contribution in [3.8, 4) is 5.75 Å². The van der Waals surface area contributed by atoms with Gasteiger partial charge in [-0.3, -0.25) is 0 Å². The molecule has 0 bridgehead atoms. The second-order valence-corrected chi connectivity index (χ2v) is 3.51. The molecule has 0 heterocycles. The number of halogens is 1. The molecule has 0 spiro atoms. The number of hydrogen-bond acceptors (Lipinski definition) is 3. The highest BCUT2D eigenvalue weighted by atomic mass is 19.1. The molecule has 0 unspecified atom stereocenters. The molecule has 0 aliphatic rings. The number of benzene rings is 2. The van der Waals surface area contributed by atoms with E-state index in [1.165, 1.54) is 18.2 Å². The fourth-order valence-corrected chi connectivity index (χ4v) is 1.42. The first kappa shape index (κ1) is 11.3. The van der Waals surface area contributed by atoms with Gasteiger partial charge < -0.3 is 4.74 Å². The molecule has 0 aliphatic carbocycles. The van der Waals surface area contributed by atoms with E-state index in [1.54, 1.807) is 30.3 Å². The number of hydrogen-bond donors (Lipinski definition) is 0. The van der Waals surface area contributed by atoms with Crippen LogP contribution in [0.4, 0.5) is 10.1 Å². The zero-order valence-electron chi connectivity index (χ0n) is 8.97. The van der Waals surface area contributed by atoms with Crippen LogP contribution in [0.15, 0.2) is 53.7 Å². The summed E-state index contributed by atoms with van der Waals surface area (Å²) in [6.07, 6.45) is 0. The van der Waals surface area contributed by atoms with E-state index in [0.717, 1.165) is 5.56 Å². The van der Waals surface area contributed by atoms with Crippen LogP contribution in [0.2, 0.25) is 0 Å². The van der Waals surface area contributed by atoms with Crippen LogP contribution in [0.25, 0.3) is 0 Å². The van der Waals surface area contributed by atoms with Gasteiger partial charge in [-0.05, 0) is 35.0 Å². The highest BCUT2D eigenvalue weighted by Gasteiger charge is 1.99. The maximum atomic E-state index is 12.9. The Labute approximate surface area is 97.8 Å². The number of ether oxygens (including phenoxy) is 1. The summed E-state index contributed by atoms with van der Waals surface area (Å²) >= 11 is 0. The van der Waals surface area contributed by atoms with Crippen LogP contribution in [-0.4, -0.2) is 0 Å². The molecule has 17 heavy (non-hydrogen) atoms. The van der Waals surface area contributed by atoms with E-state index in [4.69, 9.17) is 4.74 Å².